The Balaban J connectivity index is 2.01. The minimum atomic E-state index is -0.413. The van der Waals surface area contributed by atoms with Crippen LogP contribution in [0.5, 0.6) is 0 Å². The summed E-state index contributed by atoms with van der Waals surface area (Å²) in [7, 11) is 0. The average Bonchev–Trinajstić information content (AvgIpc) is 2.97. The molecule has 0 aliphatic carbocycles. The van der Waals surface area contributed by atoms with E-state index in [9.17, 15) is 4.39 Å². The predicted octanol–water partition coefficient (Wildman–Crippen LogP) is 3.84. The van der Waals surface area contributed by atoms with Gasteiger partial charge >= 0.3 is 0 Å². The Labute approximate surface area is 116 Å². The number of aromatic nitrogens is 2. The summed E-state index contributed by atoms with van der Waals surface area (Å²) >= 11 is 7.29. The molecule has 0 bridgehead atoms. The molecule has 0 radical (unpaired) electrons. The molecule has 0 unspecified atom stereocenters. The summed E-state index contributed by atoms with van der Waals surface area (Å²) in [6.07, 6.45) is 0. The van der Waals surface area contributed by atoms with Gasteiger partial charge in [0.15, 0.2) is 0 Å². The number of nitrogens with zero attached hydrogens (tertiary/aromatic N) is 2. The Morgan fingerprint density at radius 3 is 2.79 bits per heavy atom. The van der Waals surface area contributed by atoms with Crippen LogP contribution in [0.3, 0.4) is 0 Å². The molecule has 0 fully saturated rings. The SMILES string of the molecule is Nc1ccc(-c2nc(-c3ccc(F)cc3Cl)no2)s1. The number of anilines is 1. The Bertz CT molecular complexity index is 740. The lowest BCUT2D eigenvalue weighted by atomic mass is 10.2. The Hall–Kier alpha value is -1.92. The fraction of sp³-hybridized carbons (Fsp3) is 0. The van der Waals surface area contributed by atoms with Crippen molar-refractivity contribution in [2.45, 2.75) is 0 Å². The molecule has 7 heteroatoms. The van der Waals surface area contributed by atoms with Gasteiger partial charge < -0.3 is 10.3 Å². The van der Waals surface area contributed by atoms with E-state index < -0.39 is 5.82 Å². The summed E-state index contributed by atoms with van der Waals surface area (Å²) in [4.78, 5) is 5.00. The smallest absolute Gasteiger partial charge is 0.268 e. The van der Waals surface area contributed by atoms with Gasteiger partial charge in [-0.2, -0.15) is 4.98 Å². The maximum atomic E-state index is 13.0. The minimum Gasteiger partial charge on any atom is -0.391 e. The molecule has 3 aromatic rings. The second kappa shape index (κ2) is 4.64. The second-order valence-electron chi connectivity index (χ2n) is 3.75. The lowest BCUT2D eigenvalue weighted by Crippen LogP contribution is -1.84. The van der Waals surface area contributed by atoms with E-state index in [1.807, 2.05) is 0 Å². The van der Waals surface area contributed by atoms with E-state index in [1.54, 1.807) is 12.1 Å². The third-order valence-electron chi connectivity index (χ3n) is 2.44. The van der Waals surface area contributed by atoms with Crippen LogP contribution in [-0.2, 0) is 0 Å². The third-order valence-corrected chi connectivity index (χ3v) is 3.65. The van der Waals surface area contributed by atoms with Crippen molar-refractivity contribution in [2.24, 2.45) is 0 Å². The van der Waals surface area contributed by atoms with E-state index in [0.717, 1.165) is 4.88 Å². The van der Waals surface area contributed by atoms with E-state index in [-0.39, 0.29) is 5.02 Å². The maximum absolute atomic E-state index is 13.0. The summed E-state index contributed by atoms with van der Waals surface area (Å²) in [5, 5.41) is 4.73. The highest BCUT2D eigenvalue weighted by molar-refractivity contribution is 7.19. The molecule has 19 heavy (non-hydrogen) atoms. The first-order chi connectivity index (χ1) is 9.13. The fourth-order valence-corrected chi connectivity index (χ4v) is 2.52. The highest BCUT2D eigenvalue weighted by Gasteiger charge is 2.14. The van der Waals surface area contributed by atoms with Gasteiger partial charge in [-0.15, -0.1) is 11.3 Å². The third kappa shape index (κ3) is 2.32. The molecule has 96 valence electrons. The largest absolute Gasteiger partial charge is 0.391 e. The van der Waals surface area contributed by atoms with Crippen molar-refractivity contribution >= 4 is 27.9 Å². The summed E-state index contributed by atoms with van der Waals surface area (Å²) in [6, 6.07) is 7.56. The zero-order valence-corrected chi connectivity index (χ0v) is 11.0. The molecule has 4 nitrogen and oxygen atoms in total. The minimum absolute atomic E-state index is 0.234. The molecule has 2 N–H and O–H groups in total. The first kappa shape index (κ1) is 12.1. The van der Waals surface area contributed by atoms with E-state index in [0.29, 0.717) is 22.3 Å². The van der Waals surface area contributed by atoms with Crippen LogP contribution in [0.2, 0.25) is 5.02 Å². The van der Waals surface area contributed by atoms with Crippen LogP contribution in [0.4, 0.5) is 9.39 Å². The molecule has 0 spiro atoms. The molecule has 0 atom stereocenters. The van der Waals surface area contributed by atoms with Gasteiger partial charge in [0, 0.05) is 5.56 Å². The van der Waals surface area contributed by atoms with E-state index in [4.69, 9.17) is 21.9 Å². The van der Waals surface area contributed by atoms with Crippen LogP contribution in [0, 0.1) is 5.82 Å². The van der Waals surface area contributed by atoms with Crippen molar-refractivity contribution in [1.29, 1.82) is 0 Å². The molecule has 2 aromatic heterocycles. The van der Waals surface area contributed by atoms with Crippen molar-refractivity contribution in [3.05, 3.63) is 41.2 Å². The van der Waals surface area contributed by atoms with Crippen LogP contribution in [0.1, 0.15) is 0 Å². The number of hydrogen-bond donors (Lipinski definition) is 1. The van der Waals surface area contributed by atoms with E-state index in [2.05, 4.69) is 10.1 Å². The first-order valence-electron chi connectivity index (χ1n) is 5.28. The van der Waals surface area contributed by atoms with E-state index in [1.165, 1.54) is 29.5 Å². The number of halogens is 2. The highest BCUT2D eigenvalue weighted by Crippen LogP contribution is 2.31. The molecular weight excluding hydrogens is 289 g/mol. The maximum Gasteiger partial charge on any atom is 0.268 e. The van der Waals surface area contributed by atoms with Crippen LogP contribution in [0.25, 0.3) is 22.2 Å². The summed E-state index contributed by atoms with van der Waals surface area (Å²) in [5.41, 5.74) is 6.16. The molecule has 0 saturated carbocycles. The summed E-state index contributed by atoms with van der Waals surface area (Å²) in [6.45, 7) is 0. The number of hydrogen-bond acceptors (Lipinski definition) is 5. The van der Waals surface area contributed by atoms with Crippen LogP contribution in [0.15, 0.2) is 34.9 Å². The first-order valence-corrected chi connectivity index (χ1v) is 6.48. The normalized spacial score (nSPS) is 10.8. The van der Waals surface area contributed by atoms with Gasteiger partial charge in [0.1, 0.15) is 5.82 Å². The van der Waals surface area contributed by atoms with Crippen molar-refractivity contribution in [2.75, 3.05) is 5.73 Å². The Morgan fingerprint density at radius 1 is 1.26 bits per heavy atom. The van der Waals surface area contributed by atoms with Gasteiger partial charge in [-0.05, 0) is 30.3 Å². The lowest BCUT2D eigenvalue weighted by Gasteiger charge is -1.97. The lowest BCUT2D eigenvalue weighted by molar-refractivity contribution is 0.433. The van der Waals surface area contributed by atoms with Gasteiger partial charge in [0.2, 0.25) is 5.82 Å². The zero-order valence-electron chi connectivity index (χ0n) is 9.43. The number of benzene rings is 1. The molecule has 3 rings (SSSR count). The molecule has 1 aromatic carbocycles. The predicted molar refractivity (Wildman–Crippen MR) is 72.4 cm³/mol. The topological polar surface area (TPSA) is 64.9 Å². The molecular formula is C12H7ClFN3OS. The quantitative estimate of drug-likeness (QED) is 0.780. The monoisotopic (exact) mass is 295 g/mol. The molecule has 0 amide bonds. The average molecular weight is 296 g/mol. The number of rotatable bonds is 2. The number of nitrogens with two attached hydrogens (primary N) is 1. The van der Waals surface area contributed by atoms with Crippen LogP contribution in [-0.4, -0.2) is 10.1 Å². The number of nitrogen functional groups attached to an aromatic ring is 1. The van der Waals surface area contributed by atoms with Gasteiger partial charge in [-0.1, -0.05) is 16.8 Å². The molecule has 0 aliphatic rings. The molecule has 0 aliphatic heterocycles. The van der Waals surface area contributed by atoms with Crippen molar-refractivity contribution in [3.63, 3.8) is 0 Å². The summed E-state index contributed by atoms with van der Waals surface area (Å²) < 4.78 is 18.1. The standard InChI is InChI=1S/C12H7ClFN3OS/c13-8-5-6(14)1-2-7(8)11-16-12(18-17-11)9-3-4-10(15)19-9/h1-5H,15H2. The Kier molecular flexibility index (Phi) is 2.96. The van der Waals surface area contributed by atoms with Crippen LogP contribution >= 0.6 is 22.9 Å². The number of thiophene rings is 1. The van der Waals surface area contributed by atoms with Crippen LogP contribution < -0.4 is 5.73 Å². The second-order valence-corrected chi connectivity index (χ2v) is 5.27. The van der Waals surface area contributed by atoms with Gasteiger partial charge in [-0.25, -0.2) is 4.39 Å². The summed E-state index contributed by atoms with van der Waals surface area (Å²) in [5.74, 6) is 0.257. The van der Waals surface area contributed by atoms with Crippen molar-refractivity contribution in [1.82, 2.24) is 10.1 Å². The molecule has 0 saturated heterocycles. The van der Waals surface area contributed by atoms with Gasteiger partial charge in [-0.3, -0.25) is 0 Å². The zero-order chi connectivity index (χ0) is 13.4. The van der Waals surface area contributed by atoms with Gasteiger partial charge in [0.25, 0.3) is 5.89 Å². The van der Waals surface area contributed by atoms with Crippen molar-refractivity contribution in [3.8, 4) is 22.2 Å². The molecule has 2 heterocycles. The highest BCUT2D eigenvalue weighted by atomic mass is 35.5. The van der Waals surface area contributed by atoms with E-state index >= 15 is 0 Å². The van der Waals surface area contributed by atoms with Crippen molar-refractivity contribution < 1.29 is 8.91 Å². The fourth-order valence-electron chi connectivity index (χ4n) is 1.57. The Morgan fingerprint density at radius 2 is 2.11 bits per heavy atom. The van der Waals surface area contributed by atoms with Gasteiger partial charge in [0.05, 0.1) is 14.9 Å².